The number of halogens is 3. The minimum atomic E-state index is -0.696. The second-order valence-electron chi connectivity index (χ2n) is 4.01. The second-order valence-corrected chi connectivity index (χ2v) is 5.36. The van der Waals surface area contributed by atoms with Gasteiger partial charge in [-0.3, -0.25) is 0 Å². The number of aromatic nitrogens is 3. The zero-order valence-electron chi connectivity index (χ0n) is 10.6. The third kappa shape index (κ3) is 4.01. The standard InChI is InChI=1S/C12H10ClF2N3OS/c1-6(2)19-11-16-10(13)17-12(18-11)20-9-4-3-7(14)5-8(9)15/h3-6H,1-2H3. The van der Waals surface area contributed by atoms with Crippen LogP contribution in [-0.4, -0.2) is 21.1 Å². The van der Waals surface area contributed by atoms with Crippen LogP contribution in [0.25, 0.3) is 0 Å². The second kappa shape index (κ2) is 6.32. The van der Waals surface area contributed by atoms with Crippen molar-refractivity contribution in [3.05, 3.63) is 35.1 Å². The van der Waals surface area contributed by atoms with Crippen LogP contribution < -0.4 is 4.74 Å². The average Bonchev–Trinajstić information content (AvgIpc) is 2.31. The van der Waals surface area contributed by atoms with E-state index in [1.807, 2.05) is 13.8 Å². The summed E-state index contributed by atoms with van der Waals surface area (Å²) in [5.74, 6) is -1.35. The molecular weight excluding hydrogens is 308 g/mol. The van der Waals surface area contributed by atoms with Gasteiger partial charge in [-0.2, -0.15) is 15.0 Å². The average molecular weight is 318 g/mol. The predicted octanol–water partition coefficient (Wildman–Crippen LogP) is 3.74. The van der Waals surface area contributed by atoms with Gasteiger partial charge in [-0.25, -0.2) is 8.78 Å². The van der Waals surface area contributed by atoms with Gasteiger partial charge in [0, 0.05) is 6.07 Å². The summed E-state index contributed by atoms with van der Waals surface area (Å²) in [5, 5.41) is 0.117. The summed E-state index contributed by atoms with van der Waals surface area (Å²) in [6, 6.07) is 3.30. The van der Waals surface area contributed by atoms with Crippen molar-refractivity contribution in [2.45, 2.75) is 30.0 Å². The molecule has 0 unspecified atom stereocenters. The molecule has 106 valence electrons. The first-order valence-corrected chi connectivity index (χ1v) is 6.84. The quantitative estimate of drug-likeness (QED) is 0.859. The van der Waals surface area contributed by atoms with Gasteiger partial charge in [0.25, 0.3) is 0 Å². The summed E-state index contributed by atoms with van der Waals surface area (Å²) >= 11 is 6.67. The molecule has 0 aliphatic carbocycles. The summed E-state index contributed by atoms with van der Waals surface area (Å²) < 4.78 is 31.7. The Morgan fingerprint density at radius 2 is 1.95 bits per heavy atom. The Hall–Kier alpha value is -1.47. The van der Waals surface area contributed by atoms with Gasteiger partial charge < -0.3 is 4.74 Å². The highest BCUT2D eigenvalue weighted by atomic mass is 35.5. The molecule has 20 heavy (non-hydrogen) atoms. The molecule has 0 bridgehead atoms. The molecule has 0 saturated heterocycles. The van der Waals surface area contributed by atoms with Crippen LogP contribution in [0.4, 0.5) is 8.78 Å². The smallest absolute Gasteiger partial charge is 0.322 e. The first-order chi connectivity index (χ1) is 9.44. The molecule has 1 heterocycles. The molecule has 0 amide bonds. The van der Waals surface area contributed by atoms with Crippen LogP contribution in [0.1, 0.15) is 13.8 Å². The first kappa shape index (κ1) is 14.9. The van der Waals surface area contributed by atoms with E-state index in [4.69, 9.17) is 16.3 Å². The van der Waals surface area contributed by atoms with Gasteiger partial charge in [0.15, 0.2) is 5.16 Å². The molecule has 8 heteroatoms. The lowest BCUT2D eigenvalue weighted by molar-refractivity contribution is 0.219. The molecule has 0 saturated carbocycles. The molecule has 2 rings (SSSR count). The monoisotopic (exact) mass is 317 g/mol. The fourth-order valence-corrected chi connectivity index (χ4v) is 2.23. The van der Waals surface area contributed by atoms with Gasteiger partial charge in [0.05, 0.1) is 11.0 Å². The molecule has 0 radical (unpaired) electrons. The van der Waals surface area contributed by atoms with Crippen molar-refractivity contribution >= 4 is 23.4 Å². The van der Waals surface area contributed by atoms with E-state index in [1.54, 1.807) is 0 Å². The highest BCUT2D eigenvalue weighted by Crippen LogP contribution is 2.29. The number of ether oxygens (including phenoxy) is 1. The molecule has 1 aromatic carbocycles. The van der Waals surface area contributed by atoms with E-state index in [0.717, 1.165) is 23.9 Å². The molecule has 0 fully saturated rings. The maximum absolute atomic E-state index is 13.6. The third-order valence-corrected chi connectivity index (χ3v) is 3.09. The number of benzene rings is 1. The third-order valence-electron chi connectivity index (χ3n) is 2.00. The zero-order valence-corrected chi connectivity index (χ0v) is 12.2. The maximum Gasteiger partial charge on any atom is 0.322 e. The molecule has 0 N–H and O–H groups in total. The van der Waals surface area contributed by atoms with Gasteiger partial charge in [-0.1, -0.05) is 0 Å². The van der Waals surface area contributed by atoms with Crippen LogP contribution in [-0.2, 0) is 0 Å². The fraction of sp³-hybridized carbons (Fsp3) is 0.250. The Bertz CT molecular complexity index is 628. The van der Waals surface area contributed by atoms with E-state index in [1.165, 1.54) is 6.07 Å². The van der Waals surface area contributed by atoms with Crippen molar-refractivity contribution in [2.24, 2.45) is 0 Å². The number of hydrogen-bond donors (Lipinski definition) is 0. The lowest BCUT2D eigenvalue weighted by Gasteiger charge is -2.08. The lowest BCUT2D eigenvalue weighted by atomic mass is 10.3. The number of hydrogen-bond acceptors (Lipinski definition) is 5. The van der Waals surface area contributed by atoms with E-state index in [-0.39, 0.29) is 27.4 Å². The molecule has 1 aromatic heterocycles. The van der Waals surface area contributed by atoms with Crippen LogP contribution in [0.5, 0.6) is 6.01 Å². The fourth-order valence-electron chi connectivity index (χ4n) is 1.28. The topological polar surface area (TPSA) is 47.9 Å². The normalized spacial score (nSPS) is 10.9. The van der Waals surface area contributed by atoms with Crippen molar-refractivity contribution in [1.29, 1.82) is 0 Å². The molecular formula is C12H10ClF2N3OS. The Morgan fingerprint density at radius 3 is 2.60 bits per heavy atom. The Balaban J connectivity index is 2.26. The van der Waals surface area contributed by atoms with Crippen molar-refractivity contribution in [2.75, 3.05) is 0 Å². The van der Waals surface area contributed by atoms with Gasteiger partial charge in [0.2, 0.25) is 5.28 Å². The molecule has 2 aromatic rings. The van der Waals surface area contributed by atoms with Crippen LogP contribution in [0.15, 0.2) is 28.3 Å². The summed E-state index contributed by atoms with van der Waals surface area (Å²) in [5.41, 5.74) is 0. The van der Waals surface area contributed by atoms with E-state index in [0.29, 0.717) is 0 Å². The number of nitrogens with zero attached hydrogens (tertiary/aromatic N) is 3. The van der Waals surface area contributed by atoms with E-state index in [9.17, 15) is 8.78 Å². The number of rotatable bonds is 4. The summed E-state index contributed by atoms with van der Waals surface area (Å²) in [7, 11) is 0. The zero-order chi connectivity index (χ0) is 14.7. The van der Waals surface area contributed by atoms with Crippen LogP contribution in [0, 0.1) is 11.6 Å². The summed E-state index contributed by atoms with van der Waals surface area (Å²) in [4.78, 5) is 11.9. The maximum atomic E-state index is 13.6. The van der Waals surface area contributed by atoms with Crippen LogP contribution in [0.3, 0.4) is 0 Å². The van der Waals surface area contributed by atoms with Crippen molar-refractivity contribution < 1.29 is 13.5 Å². The summed E-state index contributed by atoms with van der Waals surface area (Å²) in [6.07, 6.45) is -0.131. The van der Waals surface area contributed by atoms with Crippen LogP contribution >= 0.6 is 23.4 Å². The van der Waals surface area contributed by atoms with Gasteiger partial charge in [-0.05, 0) is 49.3 Å². The van der Waals surface area contributed by atoms with Gasteiger partial charge >= 0.3 is 6.01 Å². The Kier molecular flexibility index (Phi) is 4.72. The SMILES string of the molecule is CC(C)Oc1nc(Cl)nc(Sc2ccc(F)cc2F)n1. The highest BCUT2D eigenvalue weighted by molar-refractivity contribution is 7.99. The van der Waals surface area contributed by atoms with Crippen molar-refractivity contribution in [3.8, 4) is 6.01 Å². The molecule has 0 spiro atoms. The van der Waals surface area contributed by atoms with Crippen LogP contribution in [0.2, 0.25) is 5.28 Å². The Labute approximate surface area is 123 Å². The lowest BCUT2D eigenvalue weighted by Crippen LogP contribution is -2.09. The first-order valence-electron chi connectivity index (χ1n) is 5.65. The predicted molar refractivity (Wildman–Crippen MR) is 71.1 cm³/mol. The molecule has 0 atom stereocenters. The largest absolute Gasteiger partial charge is 0.461 e. The van der Waals surface area contributed by atoms with Crippen molar-refractivity contribution in [3.63, 3.8) is 0 Å². The van der Waals surface area contributed by atoms with E-state index in [2.05, 4.69) is 15.0 Å². The van der Waals surface area contributed by atoms with E-state index < -0.39 is 11.6 Å². The highest BCUT2D eigenvalue weighted by Gasteiger charge is 2.12. The van der Waals surface area contributed by atoms with E-state index >= 15 is 0 Å². The molecule has 4 nitrogen and oxygen atoms in total. The minimum Gasteiger partial charge on any atom is -0.461 e. The van der Waals surface area contributed by atoms with Crippen molar-refractivity contribution in [1.82, 2.24) is 15.0 Å². The summed E-state index contributed by atoms with van der Waals surface area (Å²) in [6.45, 7) is 3.62. The Morgan fingerprint density at radius 1 is 1.20 bits per heavy atom. The molecule has 0 aliphatic heterocycles. The van der Waals surface area contributed by atoms with Gasteiger partial charge in [-0.15, -0.1) is 0 Å². The minimum absolute atomic E-state index is 0.0549. The molecule has 0 aliphatic rings. The van der Waals surface area contributed by atoms with Gasteiger partial charge in [0.1, 0.15) is 11.6 Å².